The van der Waals surface area contributed by atoms with Crippen molar-refractivity contribution in [2.75, 3.05) is 19.0 Å². The number of carbonyl (C=O) groups excluding carboxylic acids is 2. The fourth-order valence-electron chi connectivity index (χ4n) is 4.64. The molecule has 0 bridgehead atoms. The lowest BCUT2D eigenvalue weighted by Gasteiger charge is -2.12. The molecule has 2 amide bonds. The lowest BCUT2D eigenvalue weighted by molar-refractivity contribution is -0.119. The molecule has 4 aromatic rings. The zero-order valence-electron chi connectivity index (χ0n) is 19.6. The molecule has 2 aromatic carbocycles. The number of amides is 2. The lowest BCUT2D eigenvalue weighted by atomic mass is 10.1. The summed E-state index contributed by atoms with van der Waals surface area (Å²) in [4.78, 5) is 30.1. The van der Waals surface area contributed by atoms with E-state index in [1.165, 1.54) is 23.9 Å². The van der Waals surface area contributed by atoms with Crippen molar-refractivity contribution in [3.05, 3.63) is 76.9 Å². The third-order valence-electron chi connectivity index (χ3n) is 6.31. The molecule has 0 spiro atoms. The number of H-pyrrole nitrogens is 1. The maximum absolute atomic E-state index is 13.4. The van der Waals surface area contributed by atoms with Crippen LogP contribution in [0.3, 0.4) is 0 Å². The van der Waals surface area contributed by atoms with Gasteiger partial charge in [0.05, 0.1) is 35.2 Å². The van der Waals surface area contributed by atoms with Gasteiger partial charge in [-0.25, -0.2) is 4.98 Å². The molecule has 180 valence electrons. The van der Waals surface area contributed by atoms with Crippen LogP contribution in [0.15, 0.2) is 48.8 Å². The van der Waals surface area contributed by atoms with Gasteiger partial charge in [0.25, 0.3) is 5.91 Å². The summed E-state index contributed by atoms with van der Waals surface area (Å²) in [7, 11) is 1.46. The van der Waals surface area contributed by atoms with Crippen molar-refractivity contribution in [2.24, 2.45) is 0 Å². The van der Waals surface area contributed by atoms with Crippen molar-refractivity contribution in [2.45, 2.75) is 38.8 Å². The van der Waals surface area contributed by atoms with E-state index in [2.05, 4.69) is 37.9 Å². The molecule has 9 heteroatoms. The Labute approximate surface area is 202 Å². The van der Waals surface area contributed by atoms with Gasteiger partial charge in [0.1, 0.15) is 6.61 Å². The molecule has 9 nitrogen and oxygen atoms in total. The highest BCUT2D eigenvalue weighted by atomic mass is 16.5. The normalized spacial score (nSPS) is 12.6. The number of hydrogen-bond donors (Lipinski definition) is 3. The first-order valence-corrected chi connectivity index (χ1v) is 11.8. The molecular formula is C26H28N6O3. The third-order valence-corrected chi connectivity index (χ3v) is 6.31. The summed E-state index contributed by atoms with van der Waals surface area (Å²) in [5, 5.41) is 13.3. The average Bonchev–Trinajstić information content (AvgIpc) is 3.58. The van der Waals surface area contributed by atoms with Crippen molar-refractivity contribution in [3.63, 3.8) is 0 Å². The second-order valence-corrected chi connectivity index (χ2v) is 8.71. The lowest BCUT2D eigenvalue weighted by Crippen LogP contribution is -2.25. The number of rotatable bonds is 9. The Morgan fingerprint density at radius 3 is 2.86 bits per heavy atom. The van der Waals surface area contributed by atoms with E-state index in [0.29, 0.717) is 29.9 Å². The van der Waals surface area contributed by atoms with Gasteiger partial charge in [-0.15, -0.1) is 0 Å². The number of carbonyl (C=O) groups is 2. The molecule has 0 atom stereocenters. The van der Waals surface area contributed by atoms with Crippen LogP contribution in [0.2, 0.25) is 0 Å². The van der Waals surface area contributed by atoms with Crippen molar-refractivity contribution >= 4 is 28.5 Å². The first-order valence-electron chi connectivity index (χ1n) is 11.8. The second kappa shape index (κ2) is 10.1. The van der Waals surface area contributed by atoms with E-state index in [-0.39, 0.29) is 18.4 Å². The highest BCUT2D eigenvalue weighted by Gasteiger charge is 2.21. The van der Waals surface area contributed by atoms with Crippen molar-refractivity contribution in [1.82, 2.24) is 25.1 Å². The number of aromatic amines is 1. The number of benzene rings is 2. The van der Waals surface area contributed by atoms with Crippen LogP contribution in [0, 0.1) is 0 Å². The minimum absolute atomic E-state index is 0.0741. The van der Waals surface area contributed by atoms with Gasteiger partial charge in [0.2, 0.25) is 5.91 Å². The Balaban J connectivity index is 1.43. The molecular weight excluding hydrogens is 444 g/mol. The summed E-state index contributed by atoms with van der Waals surface area (Å²) in [6, 6.07) is 13.7. The summed E-state index contributed by atoms with van der Waals surface area (Å²) in [6.07, 6.45) is 5.63. The fourth-order valence-corrected chi connectivity index (χ4v) is 4.64. The van der Waals surface area contributed by atoms with Gasteiger partial charge in [-0.1, -0.05) is 30.3 Å². The van der Waals surface area contributed by atoms with Crippen LogP contribution < -0.4 is 10.6 Å². The monoisotopic (exact) mass is 472 g/mol. The summed E-state index contributed by atoms with van der Waals surface area (Å²) >= 11 is 0. The molecule has 0 aliphatic heterocycles. The maximum atomic E-state index is 13.4. The Bertz CT molecular complexity index is 1360. The first kappa shape index (κ1) is 22.8. The molecule has 35 heavy (non-hydrogen) atoms. The van der Waals surface area contributed by atoms with E-state index < -0.39 is 0 Å². The van der Waals surface area contributed by atoms with Crippen LogP contribution in [0.25, 0.3) is 11.0 Å². The smallest absolute Gasteiger partial charge is 0.253 e. The number of hydrogen-bond acceptors (Lipinski definition) is 5. The molecule has 0 fully saturated rings. The van der Waals surface area contributed by atoms with E-state index in [1.54, 1.807) is 18.5 Å². The zero-order valence-corrected chi connectivity index (χ0v) is 19.6. The number of nitrogens with zero attached hydrogens (tertiary/aromatic N) is 3. The molecule has 0 saturated heterocycles. The van der Waals surface area contributed by atoms with Crippen LogP contribution in [0.5, 0.6) is 0 Å². The molecule has 2 aromatic heterocycles. The van der Waals surface area contributed by atoms with E-state index >= 15 is 0 Å². The predicted molar refractivity (Wildman–Crippen MR) is 132 cm³/mol. The number of nitrogens with one attached hydrogen (secondary N) is 3. The number of ether oxygens (including phenoxy) is 1. The SMILES string of the molecule is COCC(=O)Nc1cc(C(=O)NCc2n[nH]c3c2CCC3)c2c(c1)ncn2CCc1ccccc1. The number of aromatic nitrogens is 4. The van der Waals surface area contributed by atoms with Gasteiger partial charge >= 0.3 is 0 Å². The van der Waals surface area contributed by atoms with Crippen molar-refractivity contribution < 1.29 is 14.3 Å². The van der Waals surface area contributed by atoms with Crippen molar-refractivity contribution in [3.8, 4) is 0 Å². The molecule has 3 N–H and O–H groups in total. The highest BCUT2D eigenvalue weighted by Crippen LogP contribution is 2.25. The van der Waals surface area contributed by atoms with Crippen LogP contribution in [0.1, 0.15) is 39.3 Å². The zero-order chi connectivity index (χ0) is 24.2. The maximum Gasteiger partial charge on any atom is 0.253 e. The van der Waals surface area contributed by atoms with E-state index in [9.17, 15) is 9.59 Å². The van der Waals surface area contributed by atoms with E-state index in [4.69, 9.17) is 4.74 Å². The number of imidazole rings is 1. The number of methoxy groups -OCH3 is 1. The average molecular weight is 473 g/mol. The Kier molecular flexibility index (Phi) is 6.58. The van der Waals surface area contributed by atoms with Crippen LogP contribution in [0.4, 0.5) is 5.69 Å². The molecule has 0 saturated carbocycles. The number of anilines is 1. The topological polar surface area (TPSA) is 114 Å². The van der Waals surface area contributed by atoms with Crippen molar-refractivity contribution in [1.29, 1.82) is 0 Å². The standard InChI is InChI=1S/C26H28N6O3/c1-35-15-24(33)29-18-12-20(26(34)27-14-23-19-8-5-9-21(19)30-31-23)25-22(13-18)28-16-32(25)11-10-17-6-3-2-4-7-17/h2-4,6-7,12-13,16H,5,8-11,14-15H2,1H3,(H,27,34)(H,29,33)(H,30,31). The van der Waals surface area contributed by atoms with Gasteiger partial charge in [-0.05, 0) is 48.9 Å². The second-order valence-electron chi connectivity index (χ2n) is 8.71. The fraction of sp³-hybridized carbons (Fsp3) is 0.308. The van der Waals surface area contributed by atoms with Gasteiger partial charge in [-0.3, -0.25) is 14.7 Å². The van der Waals surface area contributed by atoms with E-state index in [0.717, 1.165) is 36.9 Å². The number of fused-ring (bicyclic) bond motifs is 2. The Morgan fingerprint density at radius 1 is 1.17 bits per heavy atom. The molecule has 5 rings (SSSR count). The Hall–Kier alpha value is -3.98. The molecule has 0 unspecified atom stereocenters. The molecule has 1 aliphatic rings. The van der Waals surface area contributed by atoms with Crippen LogP contribution in [-0.4, -0.2) is 45.3 Å². The third kappa shape index (κ3) is 4.95. The summed E-state index contributed by atoms with van der Waals surface area (Å²) < 4.78 is 6.90. The molecule has 1 aliphatic carbocycles. The first-order chi connectivity index (χ1) is 17.1. The largest absolute Gasteiger partial charge is 0.375 e. The summed E-state index contributed by atoms with van der Waals surface area (Å²) in [5.41, 5.74) is 6.78. The number of aryl methyl sites for hydroxylation is 3. The Morgan fingerprint density at radius 2 is 2.03 bits per heavy atom. The summed E-state index contributed by atoms with van der Waals surface area (Å²) in [5.74, 6) is -0.539. The van der Waals surface area contributed by atoms with Gasteiger partial charge in [0.15, 0.2) is 0 Å². The van der Waals surface area contributed by atoms with Gasteiger partial charge in [0, 0.05) is 25.0 Å². The van der Waals surface area contributed by atoms with Gasteiger partial charge in [-0.2, -0.15) is 5.10 Å². The van der Waals surface area contributed by atoms with E-state index in [1.807, 2.05) is 22.8 Å². The highest BCUT2D eigenvalue weighted by molar-refractivity contribution is 6.07. The minimum Gasteiger partial charge on any atom is -0.375 e. The van der Waals surface area contributed by atoms with Crippen LogP contribution in [-0.2, 0) is 41.9 Å². The predicted octanol–water partition coefficient (Wildman–Crippen LogP) is 3.01. The molecule has 0 radical (unpaired) electrons. The van der Waals surface area contributed by atoms with Crippen LogP contribution >= 0.6 is 0 Å². The minimum atomic E-state index is -0.297. The molecule has 2 heterocycles. The summed E-state index contributed by atoms with van der Waals surface area (Å²) in [6.45, 7) is 0.934. The quantitative estimate of drug-likeness (QED) is 0.347. The van der Waals surface area contributed by atoms with Gasteiger partial charge < -0.3 is 19.9 Å².